The van der Waals surface area contributed by atoms with Gasteiger partial charge >= 0.3 is 12.1 Å². The lowest BCUT2D eigenvalue weighted by Crippen LogP contribution is -2.56. The molecule has 0 spiro atoms. The molecule has 8 N–H and O–H groups in total. The van der Waals surface area contributed by atoms with Gasteiger partial charge in [-0.2, -0.15) is 0 Å². The van der Waals surface area contributed by atoms with Crippen LogP contribution in [-0.4, -0.2) is 78.1 Å². The maximum atomic E-state index is 14.3. The number of carbonyl (C=O) groups excluding carboxylic acids is 5. The fourth-order valence-electron chi connectivity index (χ4n) is 8.21. The number of amides is 5. The van der Waals surface area contributed by atoms with Gasteiger partial charge in [-0.1, -0.05) is 140 Å². The standard InChI is InChI=1S/C51H56N6O8/c1-33(46(59)53-34(2)47(60)55-44(49(62)63)28-16-17-31-52)54-48(61)43(56-50(64)65-32-42-40-26-14-12-24-38(40)39-25-13-15-27-41(39)42)29-30-45(58)57-51(35-18-6-3-7-19-35,36-20-8-4-9-21-36)37-22-10-5-11-23-37/h3-15,18-27,33-34,42-44H,16-17,28-32,52H2,1-2H3,(H,53,59)(H,54,61)(H,55,60)(H,56,64)(H,57,58)(H,62,63)/t33-,34-,43-,44-/m0/s1. The van der Waals surface area contributed by atoms with Gasteiger partial charge in [-0.05, 0) is 85.0 Å². The van der Waals surface area contributed by atoms with Gasteiger partial charge in [0, 0.05) is 12.3 Å². The summed E-state index contributed by atoms with van der Waals surface area (Å²) >= 11 is 0. The maximum Gasteiger partial charge on any atom is 0.407 e. The molecule has 6 rings (SSSR count). The molecule has 0 radical (unpaired) electrons. The zero-order valence-electron chi connectivity index (χ0n) is 36.5. The first-order valence-electron chi connectivity index (χ1n) is 21.9. The van der Waals surface area contributed by atoms with Crippen LogP contribution in [0.3, 0.4) is 0 Å². The highest BCUT2D eigenvalue weighted by Gasteiger charge is 2.38. The molecule has 0 aromatic heterocycles. The molecule has 5 aromatic rings. The van der Waals surface area contributed by atoms with Gasteiger partial charge in [-0.25, -0.2) is 9.59 Å². The predicted octanol–water partition coefficient (Wildman–Crippen LogP) is 5.49. The number of benzene rings is 5. The van der Waals surface area contributed by atoms with Crippen molar-refractivity contribution in [1.82, 2.24) is 26.6 Å². The summed E-state index contributed by atoms with van der Waals surface area (Å²) in [5, 5.41) is 23.1. The van der Waals surface area contributed by atoms with Crippen molar-refractivity contribution in [3.63, 3.8) is 0 Å². The van der Waals surface area contributed by atoms with Crippen molar-refractivity contribution >= 4 is 35.7 Å². The van der Waals surface area contributed by atoms with E-state index in [-0.39, 0.29) is 31.8 Å². The summed E-state index contributed by atoms with van der Waals surface area (Å²) < 4.78 is 5.79. The quantitative estimate of drug-likeness (QED) is 0.0366. The summed E-state index contributed by atoms with van der Waals surface area (Å²) in [7, 11) is 0. The topological polar surface area (TPSA) is 218 Å². The Morgan fingerprint density at radius 1 is 0.585 bits per heavy atom. The summed E-state index contributed by atoms with van der Waals surface area (Å²) in [6, 6.07) is 39.5. The Labute approximate surface area is 378 Å². The molecule has 0 unspecified atom stereocenters. The number of aliphatic carboxylic acids is 1. The lowest BCUT2D eigenvalue weighted by molar-refractivity contribution is -0.142. The summed E-state index contributed by atoms with van der Waals surface area (Å²) in [6.07, 6.45) is -0.0954. The maximum absolute atomic E-state index is 14.3. The number of ether oxygens (including phenoxy) is 1. The second kappa shape index (κ2) is 22.3. The highest BCUT2D eigenvalue weighted by molar-refractivity contribution is 5.94. The second-order valence-electron chi connectivity index (χ2n) is 16.1. The van der Waals surface area contributed by atoms with Crippen LogP contribution in [0.2, 0.25) is 0 Å². The summed E-state index contributed by atoms with van der Waals surface area (Å²) in [4.78, 5) is 80.0. The second-order valence-corrected chi connectivity index (χ2v) is 16.1. The lowest BCUT2D eigenvalue weighted by Gasteiger charge is -2.37. The molecule has 14 heteroatoms. The van der Waals surface area contributed by atoms with E-state index in [9.17, 15) is 33.9 Å². The van der Waals surface area contributed by atoms with E-state index in [0.29, 0.717) is 19.4 Å². The van der Waals surface area contributed by atoms with Crippen molar-refractivity contribution in [2.24, 2.45) is 5.73 Å². The summed E-state index contributed by atoms with van der Waals surface area (Å²) in [6.45, 7) is 3.14. The molecule has 0 aliphatic heterocycles. The SMILES string of the molecule is C[C@H](NC(=O)[C@H](C)NC(=O)[C@H](CCC(=O)NC(c1ccccc1)(c1ccccc1)c1ccccc1)NC(=O)OCC1c2ccccc2-c2ccccc21)C(=O)N[C@@H](CCCCN)C(=O)O. The number of nitrogens with two attached hydrogens (primary N) is 1. The molecule has 0 saturated carbocycles. The van der Waals surface area contributed by atoms with Gasteiger partial charge in [0.15, 0.2) is 0 Å². The number of hydrogen-bond acceptors (Lipinski definition) is 8. The monoisotopic (exact) mass is 880 g/mol. The van der Waals surface area contributed by atoms with Crippen molar-refractivity contribution in [3.8, 4) is 11.1 Å². The number of hydrogen-bond donors (Lipinski definition) is 7. The summed E-state index contributed by atoms with van der Waals surface area (Å²) in [5.74, 6) is -4.15. The zero-order valence-corrected chi connectivity index (χ0v) is 36.5. The third-order valence-corrected chi connectivity index (χ3v) is 11.6. The highest BCUT2D eigenvalue weighted by Crippen LogP contribution is 2.44. The van der Waals surface area contributed by atoms with E-state index in [1.165, 1.54) is 13.8 Å². The van der Waals surface area contributed by atoms with Crippen LogP contribution in [0, 0.1) is 0 Å². The molecular weight excluding hydrogens is 825 g/mol. The molecule has 0 bridgehead atoms. The third kappa shape index (κ3) is 11.6. The number of nitrogens with one attached hydrogen (secondary N) is 5. The number of carboxylic acid groups (broad SMARTS) is 1. The number of unbranched alkanes of at least 4 members (excludes halogenated alkanes) is 1. The van der Waals surface area contributed by atoms with E-state index >= 15 is 0 Å². The van der Waals surface area contributed by atoms with Gasteiger partial charge < -0.3 is 42.2 Å². The molecule has 1 aliphatic rings. The van der Waals surface area contributed by atoms with Crippen molar-refractivity contribution in [3.05, 3.63) is 167 Å². The largest absolute Gasteiger partial charge is 0.480 e. The van der Waals surface area contributed by atoms with E-state index in [2.05, 4.69) is 26.6 Å². The fourth-order valence-corrected chi connectivity index (χ4v) is 8.21. The van der Waals surface area contributed by atoms with Crippen LogP contribution in [0.1, 0.15) is 79.7 Å². The average Bonchev–Trinajstić information content (AvgIpc) is 3.65. The minimum Gasteiger partial charge on any atom is -0.480 e. The molecule has 14 nitrogen and oxygen atoms in total. The van der Waals surface area contributed by atoms with Crippen molar-refractivity contribution in [2.45, 2.75) is 81.6 Å². The number of carboxylic acids is 1. The van der Waals surface area contributed by atoms with E-state index < -0.39 is 65.4 Å². The Hall–Kier alpha value is -7.32. The van der Waals surface area contributed by atoms with E-state index in [0.717, 1.165) is 38.9 Å². The first-order valence-corrected chi connectivity index (χ1v) is 21.9. The number of alkyl carbamates (subject to hydrolysis) is 1. The molecule has 338 valence electrons. The average molecular weight is 881 g/mol. The van der Waals surface area contributed by atoms with E-state index in [1.54, 1.807) is 0 Å². The van der Waals surface area contributed by atoms with E-state index in [4.69, 9.17) is 10.5 Å². The Morgan fingerprint density at radius 3 is 1.54 bits per heavy atom. The minimum absolute atomic E-state index is 0.0308. The Kier molecular flexibility index (Phi) is 16.2. The first kappa shape index (κ1) is 47.2. The van der Waals surface area contributed by atoms with Crippen LogP contribution in [0.4, 0.5) is 4.79 Å². The van der Waals surface area contributed by atoms with Crippen LogP contribution >= 0.6 is 0 Å². The molecule has 5 amide bonds. The number of carbonyl (C=O) groups is 6. The molecular formula is C51H56N6O8. The molecule has 1 aliphatic carbocycles. The molecule has 65 heavy (non-hydrogen) atoms. The predicted molar refractivity (Wildman–Crippen MR) is 246 cm³/mol. The Balaban J connectivity index is 1.18. The minimum atomic E-state index is -1.35. The zero-order chi connectivity index (χ0) is 46.3. The molecule has 0 heterocycles. The van der Waals surface area contributed by atoms with Gasteiger partial charge in [0.1, 0.15) is 36.3 Å². The molecule has 0 saturated heterocycles. The first-order chi connectivity index (χ1) is 31.4. The van der Waals surface area contributed by atoms with Crippen molar-refractivity contribution < 1.29 is 38.6 Å². The van der Waals surface area contributed by atoms with Gasteiger partial charge in [0.25, 0.3) is 0 Å². The highest BCUT2D eigenvalue weighted by atomic mass is 16.5. The molecule has 5 aromatic carbocycles. The Morgan fingerprint density at radius 2 is 1.05 bits per heavy atom. The Bertz CT molecular complexity index is 2290. The van der Waals surface area contributed by atoms with Gasteiger partial charge in [0.05, 0.1) is 0 Å². The lowest BCUT2D eigenvalue weighted by atomic mass is 9.77. The number of fused-ring (bicyclic) bond motifs is 3. The normalized spacial score (nSPS) is 13.7. The third-order valence-electron chi connectivity index (χ3n) is 11.6. The number of rotatable bonds is 21. The van der Waals surface area contributed by atoms with Gasteiger partial charge in [-0.15, -0.1) is 0 Å². The van der Waals surface area contributed by atoms with E-state index in [1.807, 2.05) is 140 Å². The summed E-state index contributed by atoms with van der Waals surface area (Å²) in [5.41, 5.74) is 10.9. The van der Waals surface area contributed by atoms with Crippen LogP contribution < -0.4 is 32.3 Å². The van der Waals surface area contributed by atoms with Crippen LogP contribution in [0.5, 0.6) is 0 Å². The van der Waals surface area contributed by atoms with Crippen LogP contribution in [0.25, 0.3) is 11.1 Å². The van der Waals surface area contributed by atoms with Gasteiger partial charge in [-0.3, -0.25) is 19.2 Å². The van der Waals surface area contributed by atoms with Crippen LogP contribution in [0.15, 0.2) is 140 Å². The van der Waals surface area contributed by atoms with Gasteiger partial charge in [0.2, 0.25) is 23.6 Å². The fraction of sp³-hybridized carbons (Fsp3) is 0.294. The molecule has 4 atom stereocenters. The van der Waals surface area contributed by atoms with Crippen molar-refractivity contribution in [1.29, 1.82) is 0 Å². The molecule has 0 fully saturated rings. The van der Waals surface area contributed by atoms with Crippen molar-refractivity contribution in [2.75, 3.05) is 13.2 Å². The van der Waals surface area contributed by atoms with Crippen LogP contribution in [-0.2, 0) is 34.2 Å². The smallest absolute Gasteiger partial charge is 0.407 e.